The van der Waals surface area contributed by atoms with Gasteiger partial charge in [-0.3, -0.25) is 9.59 Å². The summed E-state index contributed by atoms with van der Waals surface area (Å²) in [4.78, 5) is 26.4. The molecule has 0 saturated heterocycles. The van der Waals surface area contributed by atoms with Gasteiger partial charge in [0.25, 0.3) is 5.91 Å². The van der Waals surface area contributed by atoms with Crippen molar-refractivity contribution in [2.75, 3.05) is 11.5 Å². The molecule has 5 nitrogen and oxygen atoms in total. The van der Waals surface area contributed by atoms with E-state index >= 15 is 0 Å². The second-order valence-electron chi connectivity index (χ2n) is 9.27. The van der Waals surface area contributed by atoms with Gasteiger partial charge >= 0.3 is 12.1 Å². The molecule has 37 heavy (non-hydrogen) atoms. The summed E-state index contributed by atoms with van der Waals surface area (Å²) in [6, 6.07) is 15.9. The van der Waals surface area contributed by atoms with Crippen LogP contribution in [0.2, 0.25) is 0 Å². The maximum Gasteiger partial charge on any atom is 0.416 e. The second kappa shape index (κ2) is 9.92. The van der Waals surface area contributed by atoms with Gasteiger partial charge in [-0.25, -0.2) is 0 Å². The summed E-state index contributed by atoms with van der Waals surface area (Å²) in [6.07, 6.45) is -2.29. The molecule has 0 radical (unpaired) electrons. The van der Waals surface area contributed by atoms with Crippen LogP contribution in [0.15, 0.2) is 60.7 Å². The molecule has 2 aliphatic rings. The van der Waals surface area contributed by atoms with Crippen molar-refractivity contribution in [1.82, 2.24) is 0 Å². The topological polar surface area (TPSA) is 55.8 Å². The lowest BCUT2D eigenvalue weighted by molar-refractivity contribution is -0.143. The van der Waals surface area contributed by atoms with E-state index in [-0.39, 0.29) is 30.9 Å². The molecule has 0 saturated carbocycles. The molecule has 0 spiro atoms. The van der Waals surface area contributed by atoms with E-state index in [0.29, 0.717) is 30.0 Å². The van der Waals surface area contributed by atoms with E-state index < -0.39 is 11.7 Å². The van der Waals surface area contributed by atoms with Gasteiger partial charge in [0.1, 0.15) is 12.4 Å². The number of fused-ring (bicyclic) bond motifs is 2. The summed E-state index contributed by atoms with van der Waals surface area (Å²) < 4.78 is 49.9. The van der Waals surface area contributed by atoms with Crippen molar-refractivity contribution >= 4 is 17.6 Å². The first-order valence-corrected chi connectivity index (χ1v) is 12.3. The summed E-state index contributed by atoms with van der Waals surface area (Å²) >= 11 is 0. The summed E-state index contributed by atoms with van der Waals surface area (Å²) in [5, 5.41) is 0. The molecule has 0 fully saturated rings. The molecule has 1 aliphatic heterocycles. The Bertz CT molecular complexity index is 1330. The van der Waals surface area contributed by atoms with Crippen molar-refractivity contribution in [3.63, 3.8) is 0 Å². The number of carbonyl (C=O) groups is 2. The highest BCUT2D eigenvalue weighted by Crippen LogP contribution is 2.38. The van der Waals surface area contributed by atoms with Gasteiger partial charge in [0.05, 0.1) is 25.1 Å². The first-order valence-electron chi connectivity index (χ1n) is 12.3. The van der Waals surface area contributed by atoms with Gasteiger partial charge in [-0.15, -0.1) is 0 Å². The standard InChI is InChI=1S/C29H26F3NO4/c1-2-36-27(34)15-19-7-6-18-14-23(12-13-24(18)19)37-17-20-4-3-5-25-26(20)16-33(28(25)35)22-10-8-21(9-11-22)29(30,31)32/h3-5,8-14,19H,2,6-7,15-17H2,1H3. The van der Waals surface area contributed by atoms with Crippen LogP contribution in [0.1, 0.15) is 63.9 Å². The molecule has 8 heteroatoms. The normalized spacial score (nSPS) is 16.5. The van der Waals surface area contributed by atoms with Gasteiger partial charge in [-0.1, -0.05) is 18.2 Å². The number of amides is 1. The average molecular weight is 510 g/mol. The lowest BCUT2D eigenvalue weighted by Crippen LogP contribution is -2.23. The molecule has 192 valence electrons. The van der Waals surface area contributed by atoms with Gasteiger partial charge in [0.2, 0.25) is 0 Å². The Morgan fingerprint density at radius 3 is 2.59 bits per heavy atom. The number of benzene rings is 3. The van der Waals surface area contributed by atoms with Crippen LogP contribution < -0.4 is 9.64 Å². The van der Waals surface area contributed by atoms with Gasteiger partial charge in [0, 0.05) is 11.3 Å². The highest BCUT2D eigenvalue weighted by atomic mass is 19.4. The zero-order valence-corrected chi connectivity index (χ0v) is 20.3. The predicted molar refractivity (Wildman–Crippen MR) is 131 cm³/mol. The quantitative estimate of drug-likeness (QED) is 0.345. The lowest BCUT2D eigenvalue weighted by atomic mass is 9.98. The van der Waals surface area contributed by atoms with Crippen LogP contribution in [0, 0.1) is 0 Å². The van der Waals surface area contributed by atoms with E-state index in [2.05, 4.69) is 0 Å². The van der Waals surface area contributed by atoms with Crippen LogP contribution >= 0.6 is 0 Å². The Labute approximate surface area is 212 Å². The molecule has 5 rings (SSSR count). The number of rotatable bonds is 7. The zero-order valence-electron chi connectivity index (χ0n) is 20.3. The van der Waals surface area contributed by atoms with Crippen molar-refractivity contribution in [1.29, 1.82) is 0 Å². The van der Waals surface area contributed by atoms with E-state index in [1.165, 1.54) is 17.0 Å². The van der Waals surface area contributed by atoms with Crippen LogP contribution in [-0.2, 0) is 35.3 Å². The van der Waals surface area contributed by atoms with Gasteiger partial charge < -0.3 is 14.4 Å². The molecule has 3 aromatic rings. The van der Waals surface area contributed by atoms with Gasteiger partial charge in [-0.2, -0.15) is 13.2 Å². The third kappa shape index (κ3) is 5.05. The fourth-order valence-corrected chi connectivity index (χ4v) is 5.14. The molecule has 0 N–H and O–H groups in total. The Balaban J connectivity index is 1.28. The molecular weight excluding hydrogens is 483 g/mol. The number of anilines is 1. The minimum atomic E-state index is -4.43. The molecule has 1 amide bonds. The monoisotopic (exact) mass is 509 g/mol. The number of hydrogen-bond acceptors (Lipinski definition) is 4. The number of carbonyl (C=O) groups excluding carboxylic acids is 2. The molecule has 3 aromatic carbocycles. The van der Waals surface area contributed by atoms with E-state index in [1.807, 2.05) is 24.3 Å². The zero-order chi connectivity index (χ0) is 26.2. The number of hydrogen-bond donors (Lipinski definition) is 0. The molecule has 1 atom stereocenters. The van der Waals surface area contributed by atoms with Crippen molar-refractivity contribution in [3.8, 4) is 5.75 Å². The largest absolute Gasteiger partial charge is 0.489 e. The molecular formula is C29H26F3NO4. The Hall–Kier alpha value is -3.81. The van der Waals surface area contributed by atoms with Gasteiger partial charge in [-0.05, 0) is 90.4 Å². The van der Waals surface area contributed by atoms with Crippen LogP contribution in [-0.4, -0.2) is 18.5 Å². The summed E-state index contributed by atoms with van der Waals surface area (Å²) in [6.45, 7) is 2.69. The maximum absolute atomic E-state index is 13.0. The second-order valence-corrected chi connectivity index (χ2v) is 9.27. The Morgan fingerprint density at radius 1 is 1.08 bits per heavy atom. The lowest BCUT2D eigenvalue weighted by Gasteiger charge is -2.17. The molecule has 0 aromatic heterocycles. The first kappa shape index (κ1) is 24.9. The number of ether oxygens (including phenoxy) is 2. The highest BCUT2D eigenvalue weighted by molar-refractivity contribution is 6.10. The highest BCUT2D eigenvalue weighted by Gasteiger charge is 2.33. The van der Waals surface area contributed by atoms with Crippen molar-refractivity contribution in [3.05, 3.63) is 94.0 Å². The number of nitrogens with zero attached hydrogens (tertiary/aromatic N) is 1. The molecule has 1 heterocycles. The van der Waals surface area contributed by atoms with Crippen LogP contribution in [0.4, 0.5) is 18.9 Å². The van der Waals surface area contributed by atoms with E-state index in [9.17, 15) is 22.8 Å². The van der Waals surface area contributed by atoms with E-state index in [1.54, 1.807) is 19.1 Å². The van der Waals surface area contributed by atoms with E-state index in [4.69, 9.17) is 9.47 Å². The molecule has 0 bridgehead atoms. The molecule has 1 aliphatic carbocycles. The molecule has 1 unspecified atom stereocenters. The fraction of sp³-hybridized carbons (Fsp3) is 0.310. The number of aryl methyl sites for hydroxylation is 1. The van der Waals surface area contributed by atoms with Gasteiger partial charge in [0.15, 0.2) is 0 Å². The van der Waals surface area contributed by atoms with Crippen molar-refractivity contribution in [2.24, 2.45) is 0 Å². The van der Waals surface area contributed by atoms with Crippen LogP contribution in [0.3, 0.4) is 0 Å². The minimum absolute atomic E-state index is 0.155. The Kier molecular flexibility index (Phi) is 6.67. The Morgan fingerprint density at radius 2 is 1.86 bits per heavy atom. The third-order valence-electron chi connectivity index (χ3n) is 7.00. The van der Waals surface area contributed by atoms with Crippen LogP contribution in [0.25, 0.3) is 0 Å². The van der Waals surface area contributed by atoms with Crippen molar-refractivity contribution in [2.45, 2.75) is 51.4 Å². The average Bonchev–Trinajstić information content (AvgIpc) is 3.43. The van der Waals surface area contributed by atoms with Crippen molar-refractivity contribution < 1.29 is 32.2 Å². The SMILES string of the molecule is CCOC(=O)CC1CCc2cc(OCc3cccc4c3CN(c3ccc(C(F)(F)F)cc3)C4=O)ccc21. The number of alkyl halides is 3. The summed E-state index contributed by atoms with van der Waals surface area (Å²) in [5.74, 6) is 0.431. The predicted octanol–water partition coefficient (Wildman–Crippen LogP) is 6.43. The first-order chi connectivity index (χ1) is 17.7. The number of halogens is 3. The fourth-order valence-electron chi connectivity index (χ4n) is 5.14. The smallest absolute Gasteiger partial charge is 0.416 e. The van der Waals surface area contributed by atoms with Crippen LogP contribution in [0.5, 0.6) is 5.75 Å². The number of esters is 1. The third-order valence-corrected chi connectivity index (χ3v) is 7.00. The van der Waals surface area contributed by atoms with E-state index in [0.717, 1.165) is 47.2 Å². The summed E-state index contributed by atoms with van der Waals surface area (Å²) in [7, 11) is 0. The maximum atomic E-state index is 13.0. The summed E-state index contributed by atoms with van der Waals surface area (Å²) in [5.41, 5.74) is 4.15. The minimum Gasteiger partial charge on any atom is -0.489 e.